The van der Waals surface area contributed by atoms with Gasteiger partial charge in [0.25, 0.3) is 0 Å². The highest BCUT2D eigenvalue weighted by Crippen LogP contribution is 2.18. The van der Waals surface area contributed by atoms with E-state index in [0.29, 0.717) is 10.6 Å². The number of rotatable bonds is 5. The molecule has 1 aromatic rings. The van der Waals surface area contributed by atoms with Crippen LogP contribution in [0.15, 0.2) is 12.4 Å². The van der Waals surface area contributed by atoms with Crippen molar-refractivity contribution in [3.63, 3.8) is 0 Å². The predicted octanol–water partition coefficient (Wildman–Crippen LogP) is 1.69. The van der Waals surface area contributed by atoms with Crippen molar-refractivity contribution in [3.8, 4) is 0 Å². The van der Waals surface area contributed by atoms with Crippen molar-refractivity contribution in [1.29, 1.82) is 0 Å². The highest BCUT2D eigenvalue weighted by molar-refractivity contribution is 6.31. The van der Waals surface area contributed by atoms with E-state index in [1.807, 2.05) is 0 Å². The molecular weight excluding hydrogens is 258 g/mol. The number of aromatic nitrogens is 1. The van der Waals surface area contributed by atoms with E-state index in [4.69, 9.17) is 16.3 Å². The predicted molar refractivity (Wildman–Crippen MR) is 65.3 cm³/mol. The highest BCUT2D eigenvalue weighted by atomic mass is 35.5. The first-order chi connectivity index (χ1) is 8.54. The van der Waals surface area contributed by atoms with Crippen LogP contribution in [-0.2, 0) is 25.5 Å². The molecular formula is C12H14ClNO4. The van der Waals surface area contributed by atoms with Crippen LogP contribution in [0, 0.1) is 6.92 Å². The van der Waals surface area contributed by atoms with Gasteiger partial charge in [-0.05, 0) is 25.0 Å². The Kier molecular flexibility index (Phi) is 5.58. The fraction of sp³-hybridized carbons (Fsp3) is 0.417. The fourth-order valence-corrected chi connectivity index (χ4v) is 1.59. The number of pyridine rings is 1. The summed E-state index contributed by atoms with van der Waals surface area (Å²) in [7, 11) is 0. The van der Waals surface area contributed by atoms with Crippen LogP contribution < -0.4 is 0 Å². The van der Waals surface area contributed by atoms with Crippen LogP contribution >= 0.6 is 11.6 Å². The lowest BCUT2D eigenvalue weighted by Gasteiger charge is -2.07. The molecule has 0 bridgehead atoms. The van der Waals surface area contributed by atoms with Crippen LogP contribution in [0.5, 0.6) is 0 Å². The number of carbonyl (C=O) groups is 2. The summed E-state index contributed by atoms with van der Waals surface area (Å²) in [6, 6.07) is 0. The average Bonchev–Trinajstić information content (AvgIpc) is 2.32. The molecule has 1 heterocycles. The molecule has 0 N–H and O–H groups in total. The van der Waals surface area contributed by atoms with Gasteiger partial charge in [0.15, 0.2) is 6.61 Å². The minimum Gasteiger partial charge on any atom is -0.463 e. The van der Waals surface area contributed by atoms with Gasteiger partial charge in [-0.3, -0.25) is 9.78 Å². The second kappa shape index (κ2) is 6.96. The molecule has 0 fully saturated rings. The summed E-state index contributed by atoms with van der Waals surface area (Å²) < 4.78 is 9.42. The number of aryl methyl sites for hydroxylation is 1. The van der Waals surface area contributed by atoms with Crippen LogP contribution in [0.1, 0.15) is 18.1 Å². The molecule has 0 spiro atoms. The second-order valence-corrected chi connectivity index (χ2v) is 3.97. The minimum atomic E-state index is -0.566. The summed E-state index contributed by atoms with van der Waals surface area (Å²) in [5.74, 6) is -1.09. The maximum Gasteiger partial charge on any atom is 0.344 e. The Hall–Kier alpha value is -1.62. The first-order valence-corrected chi connectivity index (χ1v) is 5.82. The summed E-state index contributed by atoms with van der Waals surface area (Å²) in [6.07, 6.45) is 3.08. The molecule has 0 aliphatic carbocycles. The zero-order chi connectivity index (χ0) is 13.5. The molecule has 1 aromatic heterocycles. The van der Waals surface area contributed by atoms with E-state index >= 15 is 0 Å². The molecule has 0 aromatic carbocycles. The van der Waals surface area contributed by atoms with E-state index in [2.05, 4.69) is 9.72 Å². The lowest BCUT2D eigenvalue weighted by atomic mass is 10.1. The molecule has 98 valence electrons. The Morgan fingerprint density at radius 2 is 2.00 bits per heavy atom. The molecule has 6 heteroatoms. The number of hydrogen-bond donors (Lipinski definition) is 0. The molecule has 1 rings (SSSR count). The summed E-state index contributed by atoms with van der Waals surface area (Å²) in [5.41, 5.74) is 1.45. The summed E-state index contributed by atoms with van der Waals surface area (Å²) in [6.45, 7) is 3.35. The van der Waals surface area contributed by atoms with Crippen molar-refractivity contribution in [1.82, 2.24) is 4.98 Å². The molecule has 0 aliphatic heterocycles. The van der Waals surface area contributed by atoms with Crippen molar-refractivity contribution in [2.75, 3.05) is 13.2 Å². The maximum atomic E-state index is 11.5. The number of halogens is 1. The Morgan fingerprint density at radius 3 is 2.61 bits per heavy atom. The lowest BCUT2D eigenvalue weighted by molar-refractivity contribution is -0.158. The van der Waals surface area contributed by atoms with Gasteiger partial charge in [-0.15, -0.1) is 0 Å². The third kappa shape index (κ3) is 4.33. The third-order valence-electron chi connectivity index (χ3n) is 2.20. The standard InChI is InChI=1S/C12H14ClNO4/c1-3-17-12(16)7-18-11(15)4-9-8(2)5-14-6-10(9)13/h5-6H,3-4,7H2,1-2H3. The largest absolute Gasteiger partial charge is 0.463 e. The van der Waals surface area contributed by atoms with E-state index < -0.39 is 11.9 Å². The zero-order valence-electron chi connectivity index (χ0n) is 10.2. The van der Waals surface area contributed by atoms with E-state index in [-0.39, 0.29) is 19.6 Å². The molecule has 0 saturated carbocycles. The van der Waals surface area contributed by atoms with Crippen molar-refractivity contribution in [2.45, 2.75) is 20.3 Å². The zero-order valence-corrected chi connectivity index (χ0v) is 11.0. The fourth-order valence-electron chi connectivity index (χ4n) is 1.32. The normalized spacial score (nSPS) is 9.94. The minimum absolute atomic E-state index is 0.00654. The molecule has 0 amide bonds. The van der Waals surface area contributed by atoms with Gasteiger partial charge in [-0.25, -0.2) is 4.79 Å². The molecule has 0 aliphatic rings. The van der Waals surface area contributed by atoms with Crippen LogP contribution in [0.25, 0.3) is 0 Å². The Morgan fingerprint density at radius 1 is 1.28 bits per heavy atom. The van der Waals surface area contributed by atoms with Crippen LogP contribution in [0.2, 0.25) is 5.02 Å². The molecule has 0 atom stereocenters. The summed E-state index contributed by atoms with van der Waals surface area (Å²) in [4.78, 5) is 26.4. The van der Waals surface area contributed by atoms with E-state index in [9.17, 15) is 9.59 Å². The first kappa shape index (κ1) is 14.4. The third-order valence-corrected chi connectivity index (χ3v) is 2.52. The lowest BCUT2D eigenvalue weighted by Crippen LogP contribution is -2.18. The van der Waals surface area contributed by atoms with Gasteiger partial charge in [-0.2, -0.15) is 0 Å². The van der Waals surface area contributed by atoms with Crippen LogP contribution in [-0.4, -0.2) is 30.1 Å². The van der Waals surface area contributed by atoms with Gasteiger partial charge in [0.1, 0.15) is 0 Å². The molecule has 18 heavy (non-hydrogen) atoms. The molecule has 0 radical (unpaired) electrons. The maximum absolute atomic E-state index is 11.5. The topological polar surface area (TPSA) is 65.5 Å². The summed E-state index contributed by atoms with van der Waals surface area (Å²) >= 11 is 5.92. The number of ether oxygens (including phenoxy) is 2. The Balaban J connectivity index is 2.52. The van der Waals surface area contributed by atoms with Gasteiger partial charge < -0.3 is 9.47 Å². The molecule has 5 nitrogen and oxygen atoms in total. The first-order valence-electron chi connectivity index (χ1n) is 5.44. The smallest absolute Gasteiger partial charge is 0.344 e. The van der Waals surface area contributed by atoms with Crippen molar-refractivity contribution >= 4 is 23.5 Å². The van der Waals surface area contributed by atoms with Gasteiger partial charge in [-0.1, -0.05) is 11.6 Å². The van der Waals surface area contributed by atoms with Crippen LogP contribution in [0.3, 0.4) is 0 Å². The molecule has 0 unspecified atom stereocenters. The second-order valence-electron chi connectivity index (χ2n) is 3.56. The Bertz CT molecular complexity index is 427. The van der Waals surface area contributed by atoms with Gasteiger partial charge in [0.05, 0.1) is 18.1 Å². The van der Waals surface area contributed by atoms with Gasteiger partial charge in [0.2, 0.25) is 0 Å². The molecule has 0 saturated heterocycles. The van der Waals surface area contributed by atoms with E-state index in [0.717, 1.165) is 5.56 Å². The van der Waals surface area contributed by atoms with Crippen molar-refractivity contribution in [3.05, 3.63) is 28.5 Å². The number of esters is 2. The van der Waals surface area contributed by atoms with E-state index in [1.165, 1.54) is 6.20 Å². The van der Waals surface area contributed by atoms with Crippen LogP contribution in [0.4, 0.5) is 0 Å². The average molecular weight is 272 g/mol. The quantitative estimate of drug-likeness (QED) is 0.763. The number of nitrogens with zero attached hydrogens (tertiary/aromatic N) is 1. The highest BCUT2D eigenvalue weighted by Gasteiger charge is 2.13. The van der Waals surface area contributed by atoms with E-state index in [1.54, 1.807) is 20.0 Å². The Labute approximate surface area is 110 Å². The SMILES string of the molecule is CCOC(=O)COC(=O)Cc1c(C)cncc1Cl. The van der Waals surface area contributed by atoms with Crippen molar-refractivity contribution in [2.24, 2.45) is 0 Å². The summed E-state index contributed by atoms with van der Waals surface area (Å²) in [5, 5.41) is 0.406. The van der Waals surface area contributed by atoms with Crippen molar-refractivity contribution < 1.29 is 19.1 Å². The number of carbonyl (C=O) groups excluding carboxylic acids is 2. The van der Waals surface area contributed by atoms with Gasteiger partial charge >= 0.3 is 11.9 Å². The number of hydrogen-bond acceptors (Lipinski definition) is 5. The monoisotopic (exact) mass is 271 g/mol. The van der Waals surface area contributed by atoms with Gasteiger partial charge in [0, 0.05) is 12.4 Å².